The van der Waals surface area contributed by atoms with E-state index in [1.54, 1.807) is 11.8 Å². The Bertz CT molecular complexity index is 139. The molecule has 0 aromatic heterocycles. The Morgan fingerprint density at radius 3 is 2.50 bits per heavy atom. The molecule has 1 atom stereocenters. The lowest BCUT2D eigenvalue weighted by Gasteiger charge is -2.27. The summed E-state index contributed by atoms with van der Waals surface area (Å²) in [5.74, 6) is 0.695. The molecule has 0 aromatic rings. The van der Waals surface area contributed by atoms with Gasteiger partial charge < -0.3 is 4.74 Å². The minimum absolute atomic E-state index is 0.181. The van der Waals surface area contributed by atoms with Gasteiger partial charge in [0.05, 0.1) is 0 Å². The van der Waals surface area contributed by atoms with E-state index in [9.17, 15) is 4.79 Å². The van der Waals surface area contributed by atoms with E-state index in [2.05, 4.69) is 6.92 Å². The molecule has 0 rings (SSSR count). The van der Waals surface area contributed by atoms with Gasteiger partial charge in [-0.15, -0.1) is 0 Å². The number of rotatable bonds is 5. The average molecular weight is 190 g/mol. The van der Waals surface area contributed by atoms with E-state index in [0.29, 0.717) is 0 Å². The van der Waals surface area contributed by atoms with Crippen LogP contribution in [0.25, 0.3) is 0 Å². The number of esters is 1. The summed E-state index contributed by atoms with van der Waals surface area (Å²) in [6, 6.07) is 0. The predicted octanol–water partition coefficient (Wildman–Crippen LogP) is 2.47. The summed E-state index contributed by atoms with van der Waals surface area (Å²) < 4.78 is 5.26. The van der Waals surface area contributed by atoms with E-state index in [1.165, 1.54) is 6.92 Å². The molecule has 0 aliphatic carbocycles. The van der Waals surface area contributed by atoms with E-state index in [4.69, 9.17) is 4.74 Å². The van der Waals surface area contributed by atoms with Crippen LogP contribution in [0.3, 0.4) is 0 Å². The van der Waals surface area contributed by atoms with Crippen LogP contribution in [0.4, 0.5) is 0 Å². The standard InChI is InChI=1S/C9H18O2S/c1-5-6-9(3,7-12-4)11-8(2)10/h5-7H2,1-4H3. The molecule has 12 heavy (non-hydrogen) atoms. The molecule has 1 unspecified atom stereocenters. The van der Waals surface area contributed by atoms with E-state index in [1.807, 2.05) is 13.2 Å². The van der Waals surface area contributed by atoms with Crippen LogP contribution in [0.15, 0.2) is 0 Å². The monoisotopic (exact) mass is 190 g/mol. The highest BCUT2D eigenvalue weighted by molar-refractivity contribution is 7.98. The fourth-order valence-corrected chi connectivity index (χ4v) is 2.15. The molecule has 72 valence electrons. The van der Waals surface area contributed by atoms with Crippen molar-refractivity contribution in [1.29, 1.82) is 0 Å². The quantitative estimate of drug-likeness (QED) is 0.623. The SMILES string of the molecule is CCCC(C)(CSC)OC(C)=O. The van der Waals surface area contributed by atoms with Gasteiger partial charge in [0.25, 0.3) is 0 Å². The second-order valence-electron chi connectivity index (χ2n) is 3.23. The van der Waals surface area contributed by atoms with Crippen molar-refractivity contribution in [1.82, 2.24) is 0 Å². The molecular formula is C9H18O2S. The van der Waals surface area contributed by atoms with Gasteiger partial charge in [-0.2, -0.15) is 11.8 Å². The van der Waals surface area contributed by atoms with Gasteiger partial charge in [0.1, 0.15) is 5.60 Å². The maximum Gasteiger partial charge on any atom is 0.303 e. The van der Waals surface area contributed by atoms with Crippen molar-refractivity contribution in [3.05, 3.63) is 0 Å². The van der Waals surface area contributed by atoms with Gasteiger partial charge in [-0.3, -0.25) is 4.79 Å². The fraction of sp³-hybridized carbons (Fsp3) is 0.889. The number of ether oxygens (including phenoxy) is 1. The molecule has 0 radical (unpaired) electrons. The number of carbonyl (C=O) groups is 1. The van der Waals surface area contributed by atoms with Crippen LogP contribution in [0.1, 0.15) is 33.6 Å². The molecule has 0 amide bonds. The van der Waals surface area contributed by atoms with Crippen LogP contribution in [-0.2, 0) is 9.53 Å². The highest BCUT2D eigenvalue weighted by Crippen LogP contribution is 2.21. The van der Waals surface area contributed by atoms with Crippen molar-refractivity contribution in [2.24, 2.45) is 0 Å². The summed E-state index contributed by atoms with van der Waals surface area (Å²) in [6.45, 7) is 5.56. The normalized spacial score (nSPS) is 15.3. The van der Waals surface area contributed by atoms with Crippen LogP contribution in [0.2, 0.25) is 0 Å². The van der Waals surface area contributed by atoms with Crippen molar-refractivity contribution >= 4 is 17.7 Å². The summed E-state index contributed by atoms with van der Waals surface area (Å²) in [4.78, 5) is 10.8. The lowest BCUT2D eigenvalue weighted by Crippen LogP contribution is -2.33. The first-order chi connectivity index (χ1) is 5.54. The summed E-state index contributed by atoms with van der Waals surface area (Å²) in [6.07, 6.45) is 4.01. The molecule has 0 aromatic carbocycles. The van der Waals surface area contributed by atoms with Crippen molar-refractivity contribution < 1.29 is 9.53 Å². The Labute approximate surface area is 79.1 Å². The predicted molar refractivity (Wildman–Crippen MR) is 53.5 cm³/mol. The minimum Gasteiger partial charge on any atom is -0.459 e. The first kappa shape index (κ1) is 11.8. The Morgan fingerprint density at radius 2 is 2.17 bits per heavy atom. The Balaban J connectivity index is 4.07. The van der Waals surface area contributed by atoms with Gasteiger partial charge in [-0.05, 0) is 19.6 Å². The number of hydrogen-bond acceptors (Lipinski definition) is 3. The minimum atomic E-state index is -0.264. The van der Waals surface area contributed by atoms with Gasteiger partial charge in [0, 0.05) is 12.7 Å². The molecule has 0 saturated heterocycles. The Kier molecular flexibility index (Phi) is 5.38. The molecule has 0 bridgehead atoms. The van der Waals surface area contributed by atoms with Gasteiger partial charge >= 0.3 is 5.97 Å². The van der Waals surface area contributed by atoms with E-state index >= 15 is 0 Å². The van der Waals surface area contributed by atoms with Gasteiger partial charge in [-0.25, -0.2) is 0 Å². The van der Waals surface area contributed by atoms with Crippen LogP contribution < -0.4 is 0 Å². The number of carbonyl (C=O) groups excluding carboxylic acids is 1. The van der Waals surface area contributed by atoms with Crippen LogP contribution in [0, 0.1) is 0 Å². The summed E-state index contributed by atoms with van der Waals surface area (Å²) in [5.41, 5.74) is -0.264. The molecule has 2 nitrogen and oxygen atoms in total. The first-order valence-electron chi connectivity index (χ1n) is 4.22. The molecular weight excluding hydrogens is 172 g/mol. The molecule has 0 N–H and O–H groups in total. The highest BCUT2D eigenvalue weighted by atomic mass is 32.2. The maximum absolute atomic E-state index is 10.8. The van der Waals surface area contributed by atoms with Gasteiger partial charge in [0.15, 0.2) is 0 Å². The molecule has 0 aliphatic heterocycles. The largest absolute Gasteiger partial charge is 0.459 e. The molecule has 0 heterocycles. The maximum atomic E-state index is 10.8. The molecule has 3 heteroatoms. The first-order valence-corrected chi connectivity index (χ1v) is 5.62. The zero-order valence-corrected chi connectivity index (χ0v) is 9.16. The van der Waals surface area contributed by atoms with E-state index in [0.717, 1.165) is 18.6 Å². The highest BCUT2D eigenvalue weighted by Gasteiger charge is 2.25. The van der Waals surface area contributed by atoms with Gasteiger partial charge in [-0.1, -0.05) is 13.3 Å². The number of thioether (sulfide) groups is 1. The van der Waals surface area contributed by atoms with Crippen molar-refractivity contribution in [3.8, 4) is 0 Å². The smallest absolute Gasteiger partial charge is 0.303 e. The topological polar surface area (TPSA) is 26.3 Å². The molecule has 0 fully saturated rings. The number of hydrogen-bond donors (Lipinski definition) is 0. The lowest BCUT2D eigenvalue weighted by atomic mass is 10.0. The molecule has 0 aliphatic rings. The van der Waals surface area contributed by atoms with Crippen molar-refractivity contribution in [2.75, 3.05) is 12.0 Å². The van der Waals surface area contributed by atoms with Crippen LogP contribution in [-0.4, -0.2) is 23.6 Å². The zero-order valence-electron chi connectivity index (χ0n) is 8.35. The third-order valence-electron chi connectivity index (χ3n) is 1.62. The Morgan fingerprint density at radius 1 is 1.58 bits per heavy atom. The molecule has 0 saturated carbocycles. The third-order valence-corrected chi connectivity index (χ3v) is 2.52. The Hall–Kier alpha value is -0.180. The van der Waals surface area contributed by atoms with Gasteiger partial charge in [0.2, 0.25) is 0 Å². The zero-order chi connectivity index (χ0) is 9.61. The molecule has 0 spiro atoms. The van der Waals surface area contributed by atoms with E-state index < -0.39 is 0 Å². The third kappa shape index (κ3) is 4.65. The van der Waals surface area contributed by atoms with Crippen LogP contribution in [0.5, 0.6) is 0 Å². The second kappa shape index (κ2) is 5.46. The van der Waals surface area contributed by atoms with Crippen LogP contribution >= 0.6 is 11.8 Å². The second-order valence-corrected chi connectivity index (χ2v) is 4.09. The average Bonchev–Trinajstić information content (AvgIpc) is 1.85. The summed E-state index contributed by atoms with van der Waals surface area (Å²) in [7, 11) is 0. The van der Waals surface area contributed by atoms with Crippen molar-refractivity contribution in [2.45, 2.75) is 39.2 Å². The van der Waals surface area contributed by atoms with Crippen molar-refractivity contribution in [3.63, 3.8) is 0 Å². The summed E-state index contributed by atoms with van der Waals surface area (Å²) >= 11 is 1.71. The lowest BCUT2D eigenvalue weighted by molar-refractivity contribution is -0.153. The fourth-order valence-electron chi connectivity index (χ4n) is 1.33. The van der Waals surface area contributed by atoms with E-state index in [-0.39, 0.29) is 11.6 Å². The summed E-state index contributed by atoms with van der Waals surface area (Å²) in [5, 5.41) is 0.